The molecule has 0 N–H and O–H groups in total. The van der Waals surface area contributed by atoms with Gasteiger partial charge in [0.1, 0.15) is 0 Å². The van der Waals surface area contributed by atoms with Gasteiger partial charge in [-0.1, -0.05) is 13.8 Å². The first-order valence-corrected chi connectivity index (χ1v) is 5.67. The second-order valence-corrected chi connectivity index (χ2v) is 4.00. The molecule has 0 aromatic rings. The first-order valence-electron chi connectivity index (χ1n) is 5.67. The molecule has 0 atom stereocenters. The Labute approximate surface area is 101 Å². The third kappa shape index (κ3) is 5.99. The summed E-state index contributed by atoms with van der Waals surface area (Å²) < 4.78 is 1.20. The highest BCUT2D eigenvalue weighted by Gasteiger charge is 2.16. The van der Waals surface area contributed by atoms with Crippen LogP contribution in [-0.2, 0) is 0 Å². The Morgan fingerprint density at radius 3 is 1.64 bits per heavy atom. The van der Waals surface area contributed by atoms with Crippen LogP contribution in [0.25, 0.3) is 0 Å². The zero-order chi connectivity index (χ0) is 10.3. The topological polar surface area (TPSA) is 3.24 Å². The maximum absolute atomic E-state index is 2.50. The minimum Gasteiger partial charge on any atom is -1.00 e. The molecule has 0 aromatic carbocycles. The van der Waals surface area contributed by atoms with Crippen LogP contribution in [0.15, 0.2) is 0 Å². The first-order chi connectivity index (χ1) is 6.11. The molecule has 0 fully saturated rings. The fourth-order valence-corrected chi connectivity index (χ4v) is 1.46. The van der Waals surface area contributed by atoms with Gasteiger partial charge < -0.3 is 21.5 Å². The van der Waals surface area contributed by atoms with Crippen LogP contribution >= 0.6 is 0 Å². The first kappa shape index (κ1) is 16.8. The molecule has 0 unspecified atom stereocenters. The number of rotatable bonds is 7. The zero-order valence-corrected chi connectivity index (χ0v) is 12.1. The molecule has 14 heavy (non-hydrogen) atoms. The number of hydrogen-bond donors (Lipinski definition) is 0. The van der Waals surface area contributed by atoms with Crippen molar-refractivity contribution >= 4 is 0 Å². The number of quaternary nitrogens is 1. The van der Waals surface area contributed by atoms with Gasteiger partial charge in [0.25, 0.3) is 0 Å². The summed E-state index contributed by atoms with van der Waals surface area (Å²) in [5.41, 5.74) is 0. The molecule has 0 aliphatic heterocycles. The Balaban J connectivity index is 0. The lowest BCUT2D eigenvalue weighted by atomic mass is 10.3. The van der Waals surface area contributed by atoms with Gasteiger partial charge in [0.15, 0.2) is 0 Å². The molecule has 0 saturated heterocycles. The van der Waals surface area contributed by atoms with Crippen molar-refractivity contribution in [3.63, 3.8) is 0 Å². The summed E-state index contributed by atoms with van der Waals surface area (Å²) in [6.07, 6.45) is 0. The minimum atomic E-state index is 0. The Morgan fingerprint density at radius 2 is 1.36 bits per heavy atom. The quantitative estimate of drug-likeness (QED) is 0.525. The van der Waals surface area contributed by atoms with Crippen molar-refractivity contribution in [1.82, 2.24) is 4.90 Å². The maximum atomic E-state index is 2.50. The second-order valence-electron chi connectivity index (χ2n) is 4.00. The fraction of sp³-hybridized carbons (Fsp3) is 1.00. The molecule has 0 amide bonds. The average molecular weight is 267 g/mol. The van der Waals surface area contributed by atoms with E-state index in [1.165, 1.54) is 43.8 Å². The highest BCUT2D eigenvalue weighted by molar-refractivity contribution is 4.50. The number of likely N-dealkylation sites (N-methyl/N-ethyl adjacent to an activating group) is 2. The normalized spacial score (nSPS) is 11.6. The molecule has 0 saturated carbocycles. The van der Waals surface area contributed by atoms with Gasteiger partial charge in [0, 0.05) is 6.54 Å². The van der Waals surface area contributed by atoms with Gasteiger partial charge in [-0.2, -0.15) is 0 Å². The molecule has 0 radical (unpaired) electrons. The molecule has 0 aliphatic rings. The zero-order valence-electron chi connectivity index (χ0n) is 10.5. The average Bonchev–Trinajstić information content (AvgIpc) is 2.19. The summed E-state index contributed by atoms with van der Waals surface area (Å²) in [4.78, 5) is 2.50. The van der Waals surface area contributed by atoms with E-state index in [-0.39, 0.29) is 17.0 Å². The van der Waals surface area contributed by atoms with Crippen LogP contribution in [0.5, 0.6) is 0 Å². The van der Waals surface area contributed by atoms with Crippen LogP contribution in [0.3, 0.4) is 0 Å². The minimum absolute atomic E-state index is 0. The number of nitrogens with zero attached hydrogens (tertiary/aromatic N) is 2. The lowest BCUT2D eigenvalue weighted by Crippen LogP contribution is -3.00. The Bertz CT molecular complexity index is 120. The van der Waals surface area contributed by atoms with Gasteiger partial charge >= 0.3 is 0 Å². The van der Waals surface area contributed by atoms with Crippen LogP contribution in [0, 0.1) is 0 Å². The lowest BCUT2D eigenvalue weighted by molar-refractivity contribution is -0.905. The summed E-state index contributed by atoms with van der Waals surface area (Å²) >= 11 is 0. The number of hydrogen-bond acceptors (Lipinski definition) is 1. The largest absolute Gasteiger partial charge is 1.00 e. The Kier molecular flexibility index (Phi) is 10.4. The SMILES string of the molecule is CCN(CC)CC[N+](C)(CC)CC.[Br-]. The van der Waals surface area contributed by atoms with E-state index < -0.39 is 0 Å². The van der Waals surface area contributed by atoms with Crippen LogP contribution in [-0.4, -0.2) is 55.7 Å². The van der Waals surface area contributed by atoms with E-state index in [1.807, 2.05) is 0 Å². The van der Waals surface area contributed by atoms with E-state index in [2.05, 4.69) is 39.6 Å². The standard InChI is InChI=1S/C11H27N2.BrH/c1-6-12(7-2)10-11-13(5,8-3)9-4;/h6-11H2,1-5H3;1H/q+1;/p-1. The van der Waals surface area contributed by atoms with Crippen molar-refractivity contribution < 1.29 is 21.5 Å². The second kappa shape index (κ2) is 8.69. The molecule has 0 aromatic heterocycles. The van der Waals surface area contributed by atoms with Crippen molar-refractivity contribution in [1.29, 1.82) is 0 Å². The Hall–Kier alpha value is 0.400. The summed E-state index contributed by atoms with van der Waals surface area (Å²) in [6, 6.07) is 0. The van der Waals surface area contributed by atoms with Crippen LogP contribution < -0.4 is 17.0 Å². The molecule has 0 aliphatic carbocycles. The molecular weight excluding hydrogens is 240 g/mol. The van der Waals surface area contributed by atoms with Gasteiger partial charge in [-0.15, -0.1) is 0 Å². The van der Waals surface area contributed by atoms with Gasteiger partial charge in [-0.25, -0.2) is 0 Å². The monoisotopic (exact) mass is 266 g/mol. The number of halogens is 1. The van der Waals surface area contributed by atoms with E-state index in [0.29, 0.717) is 0 Å². The fourth-order valence-electron chi connectivity index (χ4n) is 1.46. The summed E-state index contributed by atoms with van der Waals surface area (Å²) in [5.74, 6) is 0. The van der Waals surface area contributed by atoms with Crippen molar-refractivity contribution in [3.05, 3.63) is 0 Å². The third-order valence-electron chi connectivity index (χ3n) is 3.38. The van der Waals surface area contributed by atoms with Crippen molar-refractivity contribution in [2.75, 3.05) is 46.3 Å². The highest BCUT2D eigenvalue weighted by Crippen LogP contribution is 2.01. The van der Waals surface area contributed by atoms with Crippen molar-refractivity contribution in [2.45, 2.75) is 27.7 Å². The molecule has 0 heterocycles. The highest BCUT2D eigenvalue weighted by atomic mass is 79.9. The van der Waals surface area contributed by atoms with Gasteiger partial charge in [0.05, 0.1) is 26.7 Å². The summed E-state index contributed by atoms with van der Waals surface area (Å²) in [5, 5.41) is 0. The lowest BCUT2D eigenvalue weighted by Gasteiger charge is -2.34. The molecule has 0 spiro atoms. The van der Waals surface area contributed by atoms with Crippen LogP contribution in [0.1, 0.15) is 27.7 Å². The van der Waals surface area contributed by atoms with Gasteiger partial charge in [-0.3, -0.25) is 4.90 Å². The van der Waals surface area contributed by atoms with E-state index in [1.54, 1.807) is 0 Å². The van der Waals surface area contributed by atoms with E-state index in [0.717, 1.165) is 0 Å². The van der Waals surface area contributed by atoms with Gasteiger partial charge in [-0.05, 0) is 26.9 Å². The molecule has 0 bridgehead atoms. The van der Waals surface area contributed by atoms with E-state index in [9.17, 15) is 0 Å². The van der Waals surface area contributed by atoms with Crippen molar-refractivity contribution in [2.24, 2.45) is 0 Å². The molecule has 0 rings (SSSR count). The smallest absolute Gasteiger partial charge is 0.0913 e. The van der Waals surface area contributed by atoms with E-state index in [4.69, 9.17) is 0 Å². The molecule has 3 heteroatoms. The summed E-state index contributed by atoms with van der Waals surface area (Å²) in [7, 11) is 2.35. The molecule has 88 valence electrons. The Morgan fingerprint density at radius 1 is 0.929 bits per heavy atom. The predicted molar refractivity (Wildman–Crippen MR) is 59.9 cm³/mol. The van der Waals surface area contributed by atoms with E-state index >= 15 is 0 Å². The van der Waals surface area contributed by atoms with Crippen molar-refractivity contribution in [3.8, 4) is 0 Å². The van der Waals surface area contributed by atoms with Crippen LogP contribution in [0.4, 0.5) is 0 Å². The predicted octanol–water partition coefficient (Wildman–Crippen LogP) is -1.18. The summed E-state index contributed by atoms with van der Waals surface area (Å²) in [6.45, 7) is 16.4. The van der Waals surface area contributed by atoms with Gasteiger partial charge in [0.2, 0.25) is 0 Å². The molecule has 2 nitrogen and oxygen atoms in total. The third-order valence-corrected chi connectivity index (χ3v) is 3.38. The molecular formula is C11H27BrN2. The maximum Gasteiger partial charge on any atom is 0.0913 e. The van der Waals surface area contributed by atoms with Crippen LogP contribution in [0.2, 0.25) is 0 Å².